The molecule has 0 saturated heterocycles. The second kappa shape index (κ2) is 14.1. The van der Waals surface area contributed by atoms with Crippen LogP contribution in [0.2, 0.25) is 0 Å². The number of aliphatic hydroxyl groups excluding tert-OH is 1. The molecule has 0 spiro atoms. The van der Waals surface area contributed by atoms with Crippen LogP contribution in [0.3, 0.4) is 0 Å². The third kappa shape index (κ3) is 9.06. The lowest BCUT2D eigenvalue weighted by Crippen LogP contribution is -2.54. The summed E-state index contributed by atoms with van der Waals surface area (Å²) < 4.78 is 5.24. The fraction of sp³-hybridized carbons (Fsp3) is 0.625. The van der Waals surface area contributed by atoms with Crippen molar-refractivity contribution in [3.63, 3.8) is 0 Å². The zero-order chi connectivity index (χ0) is 25.9. The zero-order valence-corrected chi connectivity index (χ0v) is 21.7. The number of aromatic hydroxyl groups is 1. The van der Waals surface area contributed by atoms with Gasteiger partial charge in [0, 0.05) is 24.4 Å². The van der Waals surface area contributed by atoms with Crippen molar-refractivity contribution in [1.82, 2.24) is 15.5 Å². The highest BCUT2D eigenvalue weighted by Crippen LogP contribution is 2.32. The van der Waals surface area contributed by atoms with Crippen molar-refractivity contribution in [2.45, 2.75) is 71.6 Å². The number of aliphatic hydroxyl groups is 1. The summed E-state index contributed by atoms with van der Waals surface area (Å²) >= 11 is 4.20. The van der Waals surface area contributed by atoms with Gasteiger partial charge >= 0.3 is 6.09 Å². The molecule has 0 heterocycles. The van der Waals surface area contributed by atoms with E-state index in [1.54, 1.807) is 45.9 Å². The number of phenols is 1. The highest BCUT2D eigenvalue weighted by atomic mass is 32.1. The van der Waals surface area contributed by atoms with Crippen LogP contribution in [0.1, 0.15) is 64.1 Å². The molecule has 1 rings (SSSR count). The highest BCUT2D eigenvalue weighted by molar-refractivity contribution is 7.80. The third-order valence-corrected chi connectivity index (χ3v) is 5.36. The van der Waals surface area contributed by atoms with E-state index in [0.29, 0.717) is 12.1 Å². The van der Waals surface area contributed by atoms with Gasteiger partial charge in [-0.25, -0.2) is 4.79 Å². The molecular formula is C24H39N3O6S. The maximum absolute atomic E-state index is 13.5. The minimum Gasteiger partial charge on any atom is -0.507 e. The highest BCUT2D eigenvalue weighted by Gasteiger charge is 2.37. The minimum atomic E-state index is -1.22. The smallest absolute Gasteiger partial charge is 0.408 e. The quantitative estimate of drug-likeness (QED) is 0.223. The van der Waals surface area contributed by atoms with Crippen molar-refractivity contribution in [2.75, 3.05) is 25.4 Å². The molecule has 10 heteroatoms. The van der Waals surface area contributed by atoms with E-state index in [1.165, 1.54) is 0 Å². The summed E-state index contributed by atoms with van der Waals surface area (Å²) in [7, 11) is 0. The molecular weight excluding hydrogens is 458 g/mol. The molecule has 192 valence electrons. The van der Waals surface area contributed by atoms with E-state index in [2.05, 4.69) is 23.3 Å². The Kier molecular flexibility index (Phi) is 12.2. The summed E-state index contributed by atoms with van der Waals surface area (Å²) in [6.45, 7) is 8.61. The van der Waals surface area contributed by atoms with Gasteiger partial charge in [-0.3, -0.25) is 9.59 Å². The lowest BCUT2D eigenvalue weighted by Gasteiger charge is -2.34. The Bertz CT molecular complexity index is 827. The van der Waals surface area contributed by atoms with E-state index in [9.17, 15) is 24.6 Å². The summed E-state index contributed by atoms with van der Waals surface area (Å²) in [6, 6.07) is 2.59. The summed E-state index contributed by atoms with van der Waals surface area (Å²) in [4.78, 5) is 40.2. The zero-order valence-electron chi connectivity index (χ0n) is 20.8. The number of para-hydroxylation sites is 1. The first-order valence-corrected chi connectivity index (χ1v) is 12.2. The van der Waals surface area contributed by atoms with E-state index >= 15 is 0 Å². The van der Waals surface area contributed by atoms with Crippen LogP contribution >= 0.6 is 12.6 Å². The number of alkyl carbamates (subject to hydrolysis) is 1. The number of phenolic OH excluding ortho intramolecular Hbond substituents is 1. The number of rotatable bonds is 12. The largest absolute Gasteiger partial charge is 0.507 e. The van der Waals surface area contributed by atoms with Crippen LogP contribution in [0.5, 0.6) is 5.75 Å². The summed E-state index contributed by atoms with van der Waals surface area (Å²) in [5.74, 6) is -1.31. The topological polar surface area (TPSA) is 128 Å². The predicted molar refractivity (Wildman–Crippen MR) is 134 cm³/mol. The molecule has 4 N–H and O–H groups in total. The van der Waals surface area contributed by atoms with E-state index in [4.69, 9.17) is 4.74 Å². The van der Waals surface area contributed by atoms with Crippen molar-refractivity contribution in [1.29, 1.82) is 0 Å². The first-order valence-electron chi connectivity index (χ1n) is 11.5. The number of nitrogens with one attached hydrogen (secondary N) is 2. The molecule has 9 nitrogen and oxygen atoms in total. The predicted octanol–water partition coefficient (Wildman–Crippen LogP) is 2.69. The fourth-order valence-electron chi connectivity index (χ4n) is 3.35. The average molecular weight is 498 g/mol. The molecule has 0 aliphatic heterocycles. The maximum Gasteiger partial charge on any atom is 0.408 e. The molecule has 2 atom stereocenters. The van der Waals surface area contributed by atoms with Gasteiger partial charge in [-0.05, 0) is 39.7 Å². The second-order valence-corrected chi connectivity index (χ2v) is 9.42. The van der Waals surface area contributed by atoms with E-state index in [0.717, 1.165) is 24.2 Å². The second-order valence-electron chi connectivity index (χ2n) is 9.05. The monoisotopic (exact) mass is 497 g/mol. The van der Waals surface area contributed by atoms with Gasteiger partial charge in [0.1, 0.15) is 23.4 Å². The van der Waals surface area contributed by atoms with Crippen LogP contribution < -0.4 is 10.6 Å². The Morgan fingerprint density at radius 1 is 1.21 bits per heavy atom. The number of nitrogens with zero attached hydrogens (tertiary/aromatic N) is 1. The summed E-state index contributed by atoms with van der Waals surface area (Å²) in [5, 5.41) is 25.7. The van der Waals surface area contributed by atoms with E-state index in [1.807, 2.05) is 6.92 Å². The number of unbranched alkanes of at least 4 members (excludes halogenated alkanes) is 2. The molecule has 0 aliphatic carbocycles. The summed E-state index contributed by atoms with van der Waals surface area (Å²) in [6.07, 6.45) is 1.87. The number of amides is 3. The van der Waals surface area contributed by atoms with Crippen LogP contribution in [0.15, 0.2) is 18.2 Å². The maximum atomic E-state index is 13.5. The van der Waals surface area contributed by atoms with Crippen LogP contribution in [0, 0.1) is 6.92 Å². The van der Waals surface area contributed by atoms with Gasteiger partial charge in [0.15, 0.2) is 0 Å². The molecule has 0 radical (unpaired) electrons. The number of thiol groups is 1. The van der Waals surface area contributed by atoms with Gasteiger partial charge < -0.3 is 30.5 Å². The average Bonchev–Trinajstić information content (AvgIpc) is 2.75. The van der Waals surface area contributed by atoms with Crippen LogP contribution in [0.25, 0.3) is 0 Å². The standard InChI is InChI=1S/C24H39N3O6S/c1-6-7-8-12-25-21(30)19(17-11-9-10-16(2)20(17)29)27(13-14-28)22(31)18(15-34)26-23(32)33-24(3,4)5/h9-11,18-19,28-29,34H,6-8,12-15H2,1-5H3,(H,25,30)(H,26,32). The first kappa shape index (κ1) is 29.6. The third-order valence-electron chi connectivity index (χ3n) is 5.00. The van der Waals surface area contributed by atoms with Gasteiger partial charge in [-0.15, -0.1) is 0 Å². The van der Waals surface area contributed by atoms with Crippen molar-refractivity contribution in [2.24, 2.45) is 0 Å². The van der Waals surface area contributed by atoms with E-state index < -0.39 is 42.2 Å². The lowest BCUT2D eigenvalue weighted by molar-refractivity contribution is -0.142. The number of benzene rings is 1. The molecule has 1 aromatic carbocycles. The number of aryl methyl sites for hydroxylation is 1. The molecule has 0 aliphatic rings. The molecule has 0 aromatic heterocycles. The van der Waals surface area contributed by atoms with Crippen molar-refractivity contribution < 1.29 is 29.3 Å². The van der Waals surface area contributed by atoms with Gasteiger partial charge in [0.2, 0.25) is 11.8 Å². The van der Waals surface area contributed by atoms with Gasteiger partial charge in [-0.1, -0.05) is 38.0 Å². The summed E-state index contributed by atoms with van der Waals surface area (Å²) in [5.41, 5.74) is -0.00636. The lowest BCUT2D eigenvalue weighted by atomic mass is 9.99. The van der Waals surface area contributed by atoms with Crippen LogP contribution in [-0.2, 0) is 14.3 Å². The SMILES string of the molecule is CCCCCNC(=O)C(c1cccc(C)c1O)N(CCO)C(=O)C(CS)NC(=O)OC(C)(C)C. The number of ether oxygens (including phenoxy) is 1. The van der Waals surface area contributed by atoms with Gasteiger partial charge in [0.05, 0.1) is 6.61 Å². The molecule has 34 heavy (non-hydrogen) atoms. The normalized spacial score (nSPS) is 13.0. The van der Waals surface area contributed by atoms with Crippen molar-refractivity contribution in [3.05, 3.63) is 29.3 Å². The number of hydrogen-bond donors (Lipinski definition) is 5. The number of carbonyl (C=O) groups is 3. The Morgan fingerprint density at radius 3 is 2.44 bits per heavy atom. The van der Waals surface area contributed by atoms with Crippen molar-refractivity contribution >= 4 is 30.5 Å². The van der Waals surface area contributed by atoms with Crippen LogP contribution in [-0.4, -0.2) is 70.1 Å². The molecule has 1 aromatic rings. The molecule has 0 saturated carbocycles. The molecule has 0 fully saturated rings. The molecule has 3 amide bonds. The van der Waals surface area contributed by atoms with Gasteiger partial charge in [0.25, 0.3) is 0 Å². The Labute approximate surface area is 207 Å². The Balaban J connectivity index is 3.33. The Morgan fingerprint density at radius 2 is 1.88 bits per heavy atom. The number of hydrogen-bond acceptors (Lipinski definition) is 7. The van der Waals surface area contributed by atoms with Crippen molar-refractivity contribution in [3.8, 4) is 5.75 Å². The fourth-order valence-corrected chi connectivity index (χ4v) is 3.59. The molecule has 0 bridgehead atoms. The molecule has 2 unspecified atom stereocenters. The Hall–Kier alpha value is -2.46. The first-order chi connectivity index (χ1) is 16.0. The number of carbonyl (C=O) groups excluding carboxylic acids is 3. The van der Waals surface area contributed by atoms with Gasteiger partial charge in [-0.2, -0.15) is 12.6 Å². The minimum absolute atomic E-state index is 0.0648. The van der Waals surface area contributed by atoms with Crippen LogP contribution in [0.4, 0.5) is 4.79 Å². The van der Waals surface area contributed by atoms with E-state index in [-0.39, 0.29) is 23.6 Å².